The number of nitrogens with zero attached hydrogens (tertiary/aromatic N) is 3. The zero-order valence-corrected chi connectivity index (χ0v) is 20.5. The summed E-state index contributed by atoms with van der Waals surface area (Å²) in [6.45, 7) is 3.66. The van der Waals surface area contributed by atoms with E-state index in [1.807, 2.05) is 32.0 Å². The minimum absolute atomic E-state index is 0.0673. The highest BCUT2D eigenvalue weighted by atomic mass is 19.4. The molecule has 0 fully saturated rings. The summed E-state index contributed by atoms with van der Waals surface area (Å²) in [6.07, 6.45) is 1.31. The normalized spacial score (nSPS) is 11.4. The Morgan fingerprint density at radius 3 is 2.28 bits per heavy atom. The number of aliphatic carboxylic acids is 1. The van der Waals surface area contributed by atoms with Crippen molar-refractivity contribution in [2.24, 2.45) is 5.92 Å². The fraction of sp³-hybridized carbons (Fsp3) is 0.148. The lowest BCUT2D eigenvalue weighted by atomic mass is 10.00. The maximum absolute atomic E-state index is 15.1. The predicted octanol–water partition coefficient (Wildman–Crippen LogP) is 6.21. The van der Waals surface area contributed by atoms with Crippen LogP contribution in [0.25, 0.3) is 44.3 Å². The summed E-state index contributed by atoms with van der Waals surface area (Å²) in [6, 6.07) is 12.9. The SMILES string of the molecule is CC(C)C(=O)Nc1ccc(-c2c(F)cnc3[nH]c4cnc(-c5cccnc5)cc4c23)cc1.O=C(O)C(F)(F)F. The molecule has 0 aliphatic carbocycles. The molecule has 0 bridgehead atoms. The Labute approximate surface area is 218 Å². The Morgan fingerprint density at radius 2 is 1.69 bits per heavy atom. The van der Waals surface area contributed by atoms with Crippen molar-refractivity contribution in [1.82, 2.24) is 19.9 Å². The third-order valence-corrected chi connectivity index (χ3v) is 5.62. The molecular weight excluding hydrogens is 518 g/mol. The molecule has 0 radical (unpaired) electrons. The molecule has 12 heteroatoms. The van der Waals surface area contributed by atoms with E-state index in [0.29, 0.717) is 27.8 Å². The van der Waals surface area contributed by atoms with E-state index in [0.717, 1.165) is 22.2 Å². The molecule has 0 aliphatic heterocycles. The summed E-state index contributed by atoms with van der Waals surface area (Å²) in [5.41, 5.74) is 4.78. The van der Waals surface area contributed by atoms with Crippen molar-refractivity contribution in [2.75, 3.05) is 5.32 Å². The standard InChI is InChI=1S/C25H20FN5O.C2HF3O2/c1-14(2)25(32)30-17-7-5-15(6-8-17)22-19(26)12-29-24-23(22)18-10-20(28-13-21(18)31-24)16-4-3-9-27-11-16;3-2(4,5)1(6)7/h3-14H,1-2H3,(H,29,31)(H,30,32);(H,6,7). The van der Waals surface area contributed by atoms with Gasteiger partial charge in [0.25, 0.3) is 0 Å². The van der Waals surface area contributed by atoms with Crippen molar-refractivity contribution in [2.45, 2.75) is 20.0 Å². The van der Waals surface area contributed by atoms with Gasteiger partial charge < -0.3 is 15.4 Å². The van der Waals surface area contributed by atoms with Crippen LogP contribution >= 0.6 is 0 Å². The molecule has 5 aromatic rings. The van der Waals surface area contributed by atoms with Gasteiger partial charge in [-0.1, -0.05) is 26.0 Å². The van der Waals surface area contributed by atoms with Crippen molar-refractivity contribution < 1.29 is 32.3 Å². The van der Waals surface area contributed by atoms with Crippen LogP contribution in [0.4, 0.5) is 23.2 Å². The van der Waals surface area contributed by atoms with Crippen LogP contribution in [-0.2, 0) is 9.59 Å². The number of carbonyl (C=O) groups is 2. The number of hydrogen-bond acceptors (Lipinski definition) is 5. The van der Waals surface area contributed by atoms with Gasteiger partial charge in [-0.25, -0.2) is 14.2 Å². The maximum atomic E-state index is 15.1. The smallest absolute Gasteiger partial charge is 0.475 e. The van der Waals surface area contributed by atoms with Crippen LogP contribution in [0, 0.1) is 11.7 Å². The van der Waals surface area contributed by atoms with E-state index in [1.54, 1.807) is 42.9 Å². The second kappa shape index (κ2) is 10.9. The van der Waals surface area contributed by atoms with Crippen molar-refractivity contribution >= 4 is 39.5 Å². The quantitative estimate of drug-likeness (QED) is 0.234. The first-order chi connectivity index (χ1) is 18.5. The molecule has 0 aliphatic rings. The fourth-order valence-corrected chi connectivity index (χ4v) is 3.70. The Bertz CT molecular complexity index is 1650. The van der Waals surface area contributed by atoms with E-state index in [1.165, 1.54) is 6.20 Å². The van der Waals surface area contributed by atoms with Crippen molar-refractivity contribution in [1.29, 1.82) is 0 Å². The number of nitrogens with one attached hydrogen (secondary N) is 2. The lowest BCUT2D eigenvalue weighted by Crippen LogP contribution is -2.21. The molecule has 0 atom stereocenters. The number of carboxylic acid groups (broad SMARTS) is 1. The van der Waals surface area contributed by atoms with Crippen LogP contribution in [0.1, 0.15) is 13.8 Å². The van der Waals surface area contributed by atoms with E-state index in [9.17, 15) is 18.0 Å². The van der Waals surface area contributed by atoms with Gasteiger partial charge in [-0.15, -0.1) is 0 Å². The van der Waals surface area contributed by atoms with Gasteiger partial charge in [0, 0.05) is 45.9 Å². The molecule has 1 amide bonds. The van der Waals surface area contributed by atoms with Crippen molar-refractivity contribution in [3.8, 4) is 22.4 Å². The number of amides is 1. The average molecular weight is 539 g/mol. The number of hydrogen-bond donors (Lipinski definition) is 3. The van der Waals surface area contributed by atoms with Gasteiger partial charge in [-0.05, 0) is 35.9 Å². The van der Waals surface area contributed by atoms with E-state index in [4.69, 9.17) is 9.90 Å². The largest absolute Gasteiger partial charge is 0.490 e. The maximum Gasteiger partial charge on any atom is 0.490 e. The lowest BCUT2D eigenvalue weighted by Gasteiger charge is -2.10. The van der Waals surface area contributed by atoms with Gasteiger partial charge in [0.15, 0.2) is 0 Å². The van der Waals surface area contributed by atoms with Crippen LogP contribution in [0.3, 0.4) is 0 Å². The zero-order valence-electron chi connectivity index (χ0n) is 20.5. The highest BCUT2D eigenvalue weighted by molar-refractivity contribution is 6.13. The second-order valence-electron chi connectivity index (χ2n) is 8.71. The minimum atomic E-state index is -5.08. The van der Waals surface area contributed by atoms with Crippen molar-refractivity contribution in [3.63, 3.8) is 0 Å². The second-order valence-corrected chi connectivity index (χ2v) is 8.71. The molecule has 3 N–H and O–H groups in total. The number of rotatable bonds is 4. The Morgan fingerprint density at radius 1 is 1.00 bits per heavy atom. The molecule has 200 valence electrons. The molecule has 1 aromatic carbocycles. The van der Waals surface area contributed by atoms with Gasteiger partial charge >= 0.3 is 12.1 Å². The van der Waals surface area contributed by atoms with E-state index in [2.05, 4.69) is 25.3 Å². The minimum Gasteiger partial charge on any atom is -0.475 e. The van der Waals surface area contributed by atoms with Crippen LogP contribution in [0.15, 0.2) is 67.3 Å². The van der Waals surface area contributed by atoms with Crippen LogP contribution in [0.5, 0.6) is 0 Å². The van der Waals surface area contributed by atoms with Gasteiger partial charge in [0.2, 0.25) is 5.91 Å². The molecule has 39 heavy (non-hydrogen) atoms. The molecule has 5 rings (SSSR count). The van der Waals surface area contributed by atoms with Crippen molar-refractivity contribution in [3.05, 3.63) is 73.1 Å². The summed E-state index contributed by atoms with van der Waals surface area (Å²) in [4.78, 5) is 37.0. The first-order valence-electron chi connectivity index (χ1n) is 11.5. The Balaban J connectivity index is 0.000000448. The number of halogens is 4. The molecule has 0 saturated carbocycles. The first-order valence-corrected chi connectivity index (χ1v) is 11.5. The van der Waals surface area contributed by atoms with Crippen LogP contribution < -0.4 is 5.32 Å². The van der Waals surface area contributed by atoms with E-state index >= 15 is 4.39 Å². The summed E-state index contributed by atoms with van der Waals surface area (Å²) in [7, 11) is 0. The molecule has 8 nitrogen and oxygen atoms in total. The first kappa shape index (κ1) is 27.2. The number of aromatic amines is 1. The highest BCUT2D eigenvalue weighted by Gasteiger charge is 2.38. The summed E-state index contributed by atoms with van der Waals surface area (Å²) in [5.74, 6) is -3.37. The number of H-pyrrole nitrogens is 1. The van der Waals surface area contributed by atoms with Crippen LogP contribution in [0.2, 0.25) is 0 Å². The predicted molar refractivity (Wildman–Crippen MR) is 137 cm³/mol. The monoisotopic (exact) mass is 539 g/mol. The third kappa shape index (κ3) is 6.00. The highest BCUT2D eigenvalue weighted by Crippen LogP contribution is 2.36. The zero-order chi connectivity index (χ0) is 28.3. The number of anilines is 1. The van der Waals surface area contributed by atoms with Gasteiger partial charge in [-0.3, -0.25) is 14.8 Å². The molecule has 0 unspecified atom stereocenters. The number of pyridine rings is 3. The number of fused-ring (bicyclic) bond motifs is 3. The fourth-order valence-electron chi connectivity index (χ4n) is 3.70. The van der Waals surface area contributed by atoms with E-state index < -0.39 is 18.0 Å². The summed E-state index contributed by atoms with van der Waals surface area (Å²) < 4.78 is 46.8. The van der Waals surface area contributed by atoms with Gasteiger partial charge in [-0.2, -0.15) is 13.2 Å². The molecule has 0 saturated heterocycles. The summed E-state index contributed by atoms with van der Waals surface area (Å²) in [5, 5.41) is 11.5. The number of carboxylic acids is 1. The van der Waals surface area contributed by atoms with Gasteiger partial charge in [0.05, 0.1) is 23.6 Å². The average Bonchev–Trinajstić information content (AvgIpc) is 3.27. The number of aromatic nitrogens is 4. The molecule has 4 heterocycles. The molecule has 4 aromatic heterocycles. The molecule has 0 spiro atoms. The number of alkyl halides is 3. The third-order valence-electron chi connectivity index (χ3n) is 5.62. The summed E-state index contributed by atoms with van der Waals surface area (Å²) >= 11 is 0. The number of carbonyl (C=O) groups excluding carboxylic acids is 1. The lowest BCUT2D eigenvalue weighted by molar-refractivity contribution is -0.192. The van der Waals surface area contributed by atoms with E-state index in [-0.39, 0.29) is 11.8 Å². The van der Waals surface area contributed by atoms with Gasteiger partial charge in [0.1, 0.15) is 11.5 Å². The topological polar surface area (TPSA) is 121 Å². The Kier molecular flexibility index (Phi) is 7.56. The van der Waals surface area contributed by atoms with Crippen LogP contribution in [-0.4, -0.2) is 43.1 Å². The Hall–Kier alpha value is -4.87. The molecular formula is C27H21F4N5O3. The number of benzene rings is 1.